The Hall–Kier alpha value is -1.84. The zero-order chi connectivity index (χ0) is 15.3. The first-order valence-electron chi connectivity index (χ1n) is 6.03. The zero-order valence-corrected chi connectivity index (χ0v) is 12.6. The van der Waals surface area contributed by atoms with Crippen molar-refractivity contribution in [2.75, 3.05) is 26.0 Å². The van der Waals surface area contributed by atoms with Crippen molar-refractivity contribution in [2.45, 2.75) is 17.7 Å². The Balaban J connectivity index is 2.92. The van der Waals surface area contributed by atoms with Gasteiger partial charge in [0.15, 0.2) is 0 Å². The highest BCUT2D eigenvalue weighted by atomic mass is 32.2. The van der Waals surface area contributed by atoms with E-state index < -0.39 is 10.0 Å². The van der Waals surface area contributed by atoms with Crippen LogP contribution in [-0.4, -0.2) is 39.8 Å². The smallest absolute Gasteiger partial charge is 0.242 e. The fourth-order valence-corrected chi connectivity index (χ4v) is 2.44. The Morgan fingerprint density at radius 3 is 2.20 bits per heavy atom. The fourth-order valence-electron chi connectivity index (χ4n) is 1.54. The number of carbonyl (C=O) groups is 1. The summed E-state index contributed by atoms with van der Waals surface area (Å²) in [6, 6.07) is 6.17. The Morgan fingerprint density at radius 2 is 1.75 bits per heavy atom. The molecule has 1 amide bonds. The van der Waals surface area contributed by atoms with Crippen molar-refractivity contribution in [3.8, 4) is 12.3 Å². The molecular weight excluding hydrogens is 276 g/mol. The highest BCUT2D eigenvalue weighted by Crippen LogP contribution is 2.19. The number of hydrogen-bond acceptors (Lipinski definition) is 3. The molecule has 0 saturated heterocycles. The lowest BCUT2D eigenvalue weighted by molar-refractivity contribution is -0.118. The first-order valence-corrected chi connectivity index (χ1v) is 7.47. The summed E-state index contributed by atoms with van der Waals surface area (Å²) in [4.78, 5) is 13.4. The average molecular weight is 294 g/mol. The highest BCUT2D eigenvalue weighted by Gasteiger charge is 2.17. The van der Waals surface area contributed by atoms with E-state index in [0.717, 1.165) is 4.31 Å². The van der Waals surface area contributed by atoms with Crippen LogP contribution in [0.3, 0.4) is 0 Å². The topological polar surface area (TPSA) is 57.7 Å². The Labute approximate surface area is 120 Å². The minimum atomic E-state index is -3.45. The van der Waals surface area contributed by atoms with Crippen LogP contribution in [0, 0.1) is 12.3 Å². The van der Waals surface area contributed by atoms with Crippen molar-refractivity contribution in [3.63, 3.8) is 0 Å². The van der Waals surface area contributed by atoms with E-state index in [1.165, 1.54) is 31.1 Å². The van der Waals surface area contributed by atoms with E-state index in [2.05, 4.69) is 5.92 Å². The predicted octanol–water partition coefficient (Wildman–Crippen LogP) is 1.31. The number of benzene rings is 1. The maximum Gasteiger partial charge on any atom is 0.242 e. The molecule has 0 unspecified atom stereocenters. The van der Waals surface area contributed by atoms with Gasteiger partial charge in [0.05, 0.1) is 4.90 Å². The number of terminal acetylenes is 1. The van der Waals surface area contributed by atoms with Gasteiger partial charge in [-0.2, -0.15) is 0 Å². The standard InChI is InChI=1S/C14H18N2O3S/c1-5-6-7-14(17)16(4)12-8-10-13(11-9-12)20(18,19)15(2)3/h1,8-11H,6-7H2,2-4H3. The lowest BCUT2D eigenvalue weighted by Gasteiger charge is -2.18. The quantitative estimate of drug-likeness (QED) is 0.769. The Bertz CT molecular complexity index is 613. The molecule has 0 aliphatic carbocycles. The maximum absolute atomic E-state index is 11.9. The number of rotatable bonds is 5. The molecule has 0 heterocycles. The van der Waals surface area contributed by atoms with Gasteiger partial charge in [-0.25, -0.2) is 12.7 Å². The summed E-state index contributed by atoms with van der Waals surface area (Å²) in [6.45, 7) is 0. The minimum Gasteiger partial charge on any atom is -0.315 e. The molecule has 0 radical (unpaired) electrons. The van der Waals surface area contributed by atoms with E-state index in [0.29, 0.717) is 12.1 Å². The number of hydrogen-bond donors (Lipinski definition) is 0. The van der Waals surface area contributed by atoms with Crippen molar-refractivity contribution in [1.29, 1.82) is 0 Å². The van der Waals surface area contributed by atoms with Crippen LogP contribution in [-0.2, 0) is 14.8 Å². The monoisotopic (exact) mass is 294 g/mol. The van der Waals surface area contributed by atoms with Gasteiger partial charge in [-0.1, -0.05) is 0 Å². The molecule has 1 aromatic rings. The minimum absolute atomic E-state index is 0.105. The van der Waals surface area contributed by atoms with Gasteiger partial charge in [0.25, 0.3) is 0 Å². The second-order valence-corrected chi connectivity index (χ2v) is 6.59. The number of carbonyl (C=O) groups excluding carboxylic acids is 1. The van der Waals surface area contributed by atoms with Crippen LogP contribution >= 0.6 is 0 Å². The predicted molar refractivity (Wildman–Crippen MR) is 78.8 cm³/mol. The molecule has 1 aromatic carbocycles. The van der Waals surface area contributed by atoms with Gasteiger partial charge in [-0.3, -0.25) is 4.79 Å². The zero-order valence-electron chi connectivity index (χ0n) is 11.8. The van der Waals surface area contributed by atoms with Crippen LogP contribution < -0.4 is 4.90 Å². The lowest BCUT2D eigenvalue weighted by atomic mass is 10.2. The Morgan fingerprint density at radius 1 is 1.20 bits per heavy atom. The van der Waals surface area contributed by atoms with Crippen molar-refractivity contribution >= 4 is 21.6 Å². The summed E-state index contributed by atoms with van der Waals surface area (Å²) >= 11 is 0. The second kappa shape index (κ2) is 6.55. The van der Waals surface area contributed by atoms with Gasteiger partial charge in [0, 0.05) is 39.7 Å². The molecule has 5 nitrogen and oxygen atoms in total. The molecular formula is C14H18N2O3S. The van der Waals surface area contributed by atoms with E-state index >= 15 is 0 Å². The average Bonchev–Trinajstić information content (AvgIpc) is 2.43. The molecule has 20 heavy (non-hydrogen) atoms. The van der Waals surface area contributed by atoms with Crippen LogP contribution in [0.2, 0.25) is 0 Å². The van der Waals surface area contributed by atoms with Crippen molar-refractivity contribution in [1.82, 2.24) is 4.31 Å². The Kier molecular flexibility index (Phi) is 5.31. The summed E-state index contributed by atoms with van der Waals surface area (Å²) in [5.74, 6) is 2.31. The largest absolute Gasteiger partial charge is 0.315 e. The molecule has 108 valence electrons. The molecule has 0 spiro atoms. The number of nitrogens with zero attached hydrogens (tertiary/aromatic N) is 2. The summed E-state index contributed by atoms with van der Waals surface area (Å²) in [7, 11) is 1.12. The van der Waals surface area contributed by atoms with Crippen molar-refractivity contribution < 1.29 is 13.2 Å². The van der Waals surface area contributed by atoms with Crippen LogP contribution in [0.25, 0.3) is 0 Å². The van der Waals surface area contributed by atoms with Crippen LogP contribution in [0.4, 0.5) is 5.69 Å². The number of anilines is 1. The second-order valence-electron chi connectivity index (χ2n) is 4.44. The van der Waals surface area contributed by atoms with Gasteiger partial charge >= 0.3 is 0 Å². The third-order valence-corrected chi connectivity index (χ3v) is 4.69. The molecule has 0 saturated carbocycles. The molecule has 0 N–H and O–H groups in total. The summed E-state index contributed by atoms with van der Waals surface area (Å²) in [5.41, 5.74) is 0.629. The molecule has 0 aliphatic rings. The third kappa shape index (κ3) is 3.59. The maximum atomic E-state index is 11.9. The van der Waals surface area contributed by atoms with Gasteiger partial charge < -0.3 is 4.90 Å². The molecule has 0 fully saturated rings. The highest BCUT2D eigenvalue weighted by molar-refractivity contribution is 7.89. The lowest BCUT2D eigenvalue weighted by Crippen LogP contribution is -2.26. The molecule has 0 bridgehead atoms. The van der Waals surface area contributed by atoms with Gasteiger partial charge in [0.2, 0.25) is 15.9 Å². The SMILES string of the molecule is C#CCCC(=O)N(C)c1ccc(S(=O)(=O)N(C)C)cc1. The molecule has 0 atom stereocenters. The van der Waals surface area contributed by atoms with Crippen LogP contribution in [0.15, 0.2) is 29.2 Å². The van der Waals surface area contributed by atoms with Crippen LogP contribution in [0.5, 0.6) is 0 Å². The normalized spacial score (nSPS) is 11.2. The summed E-state index contributed by atoms with van der Waals surface area (Å²) < 4.78 is 25.0. The summed E-state index contributed by atoms with van der Waals surface area (Å²) in [5, 5.41) is 0. The van der Waals surface area contributed by atoms with Gasteiger partial charge in [-0.15, -0.1) is 12.3 Å². The van der Waals surface area contributed by atoms with Gasteiger partial charge in [0.1, 0.15) is 0 Å². The van der Waals surface area contributed by atoms with Gasteiger partial charge in [-0.05, 0) is 24.3 Å². The third-order valence-electron chi connectivity index (χ3n) is 2.86. The molecule has 1 rings (SSSR count). The summed E-state index contributed by atoms with van der Waals surface area (Å²) in [6.07, 6.45) is 5.77. The fraction of sp³-hybridized carbons (Fsp3) is 0.357. The molecule has 0 aromatic heterocycles. The van der Waals surface area contributed by atoms with Crippen LogP contribution in [0.1, 0.15) is 12.8 Å². The van der Waals surface area contributed by atoms with E-state index in [4.69, 9.17) is 6.42 Å². The number of amides is 1. The first kappa shape index (κ1) is 16.2. The first-order chi connectivity index (χ1) is 9.30. The number of sulfonamides is 1. The van der Waals surface area contributed by atoms with Crippen molar-refractivity contribution in [2.24, 2.45) is 0 Å². The molecule has 6 heteroatoms. The van der Waals surface area contributed by atoms with Crippen molar-refractivity contribution in [3.05, 3.63) is 24.3 Å². The van der Waals surface area contributed by atoms with E-state index in [1.807, 2.05) is 0 Å². The van der Waals surface area contributed by atoms with E-state index in [9.17, 15) is 13.2 Å². The van der Waals surface area contributed by atoms with E-state index in [1.54, 1.807) is 19.2 Å². The van der Waals surface area contributed by atoms with E-state index in [-0.39, 0.29) is 17.2 Å². The molecule has 0 aliphatic heterocycles.